The van der Waals surface area contributed by atoms with Crippen molar-refractivity contribution in [3.05, 3.63) is 52.6 Å². The summed E-state index contributed by atoms with van der Waals surface area (Å²) in [5.74, 6) is 1.76. The van der Waals surface area contributed by atoms with Crippen molar-refractivity contribution in [1.82, 2.24) is 14.5 Å². The van der Waals surface area contributed by atoms with Crippen LogP contribution < -0.4 is 16.2 Å². The monoisotopic (exact) mass is 383 g/mol. The number of anilines is 3. The lowest BCUT2D eigenvalue weighted by molar-refractivity contribution is 0.232. The van der Waals surface area contributed by atoms with Crippen molar-refractivity contribution in [2.24, 2.45) is 0 Å². The summed E-state index contributed by atoms with van der Waals surface area (Å²) in [5, 5.41) is 26.4. The van der Waals surface area contributed by atoms with Gasteiger partial charge in [0.1, 0.15) is 17.5 Å². The van der Waals surface area contributed by atoms with Gasteiger partial charge in [-0.25, -0.2) is 9.97 Å². The molecular weight excluding hydrogens is 358 g/mol. The summed E-state index contributed by atoms with van der Waals surface area (Å²) in [6.45, 7) is 5.49. The van der Waals surface area contributed by atoms with Crippen molar-refractivity contribution in [2.45, 2.75) is 32.9 Å². The molecule has 0 aromatic carbocycles. The molecule has 4 N–H and O–H groups in total. The molecule has 0 spiro atoms. The summed E-state index contributed by atoms with van der Waals surface area (Å²) in [4.78, 5) is 21.5. The van der Waals surface area contributed by atoms with Crippen LogP contribution in [0, 0.1) is 6.92 Å². The molecule has 0 atom stereocenters. The molecule has 148 valence electrons. The molecule has 3 rings (SSSR count). The largest absolute Gasteiger partial charge is 0.395 e. The van der Waals surface area contributed by atoms with Gasteiger partial charge in [0.15, 0.2) is 0 Å². The van der Waals surface area contributed by atoms with E-state index < -0.39 is 5.54 Å². The predicted octanol–water partition coefficient (Wildman–Crippen LogP) is 2.02. The number of aryl methyl sites for hydroxylation is 1. The zero-order chi connectivity index (χ0) is 20.3. The van der Waals surface area contributed by atoms with Crippen LogP contribution in [-0.2, 0) is 6.54 Å². The van der Waals surface area contributed by atoms with Crippen molar-refractivity contribution in [3.8, 4) is 0 Å². The first kappa shape index (κ1) is 19.8. The van der Waals surface area contributed by atoms with Gasteiger partial charge in [0, 0.05) is 12.4 Å². The van der Waals surface area contributed by atoms with Gasteiger partial charge in [0.05, 0.1) is 30.7 Å². The highest BCUT2D eigenvalue weighted by atomic mass is 16.3. The number of aromatic nitrogens is 3. The van der Waals surface area contributed by atoms with Gasteiger partial charge >= 0.3 is 0 Å². The molecule has 0 saturated heterocycles. The molecule has 0 aliphatic carbocycles. The number of hydrogen-bond donors (Lipinski definition) is 4. The lowest BCUT2D eigenvalue weighted by atomic mass is 10.1. The average molecular weight is 383 g/mol. The summed E-state index contributed by atoms with van der Waals surface area (Å²) in [5.41, 5.74) is 0.190. The van der Waals surface area contributed by atoms with Gasteiger partial charge in [-0.05, 0) is 56.0 Å². The van der Waals surface area contributed by atoms with Gasteiger partial charge in [-0.15, -0.1) is 0 Å². The Bertz CT molecular complexity index is 1050. The zero-order valence-corrected chi connectivity index (χ0v) is 16.2. The third-order valence-corrected chi connectivity index (χ3v) is 4.35. The van der Waals surface area contributed by atoms with Gasteiger partial charge in [0.25, 0.3) is 5.56 Å². The van der Waals surface area contributed by atoms with E-state index in [1.165, 1.54) is 10.8 Å². The summed E-state index contributed by atoms with van der Waals surface area (Å²) < 4.78 is 1.45. The second-order valence-electron chi connectivity index (χ2n) is 7.38. The highest BCUT2D eigenvalue weighted by molar-refractivity contribution is 5.86. The molecule has 8 nitrogen and oxygen atoms in total. The maximum absolute atomic E-state index is 12.9. The number of hydrogen-bond acceptors (Lipinski definition) is 7. The number of rotatable bonds is 7. The fraction of sp³-hybridized carbons (Fsp3) is 0.350. The fourth-order valence-corrected chi connectivity index (χ4v) is 2.86. The minimum absolute atomic E-state index is 0.111. The Morgan fingerprint density at radius 1 is 1.14 bits per heavy atom. The molecule has 0 aliphatic heterocycles. The molecule has 3 heterocycles. The lowest BCUT2D eigenvalue weighted by Crippen LogP contribution is -2.38. The van der Waals surface area contributed by atoms with E-state index in [1.54, 1.807) is 12.3 Å². The molecule has 3 aromatic rings. The predicted molar refractivity (Wildman–Crippen MR) is 110 cm³/mol. The Morgan fingerprint density at radius 3 is 2.57 bits per heavy atom. The smallest absolute Gasteiger partial charge is 0.261 e. The summed E-state index contributed by atoms with van der Waals surface area (Å²) in [6.07, 6.45) is 3.23. The Kier molecular flexibility index (Phi) is 5.62. The van der Waals surface area contributed by atoms with E-state index >= 15 is 0 Å². The first-order valence-electron chi connectivity index (χ1n) is 9.06. The molecule has 0 saturated carbocycles. The normalized spacial score (nSPS) is 11.6. The van der Waals surface area contributed by atoms with Crippen LogP contribution in [0.4, 0.5) is 17.5 Å². The standard InChI is InChI=1S/C20H25N5O3/c1-13-4-5-21-16(8-13)23-17-9-14-10-18(24-20(2,3)12-27)25(6-7-26)19(28)15(14)11-22-17/h4-5,8-11,24,26-27H,6-7,12H2,1-3H3,(H,21,22,23). The van der Waals surface area contributed by atoms with Crippen molar-refractivity contribution >= 4 is 28.2 Å². The minimum atomic E-state index is -0.628. The molecule has 0 radical (unpaired) electrons. The number of fused-ring (bicyclic) bond motifs is 1. The molecule has 28 heavy (non-hydrogen) atoms. The highest BCUT2D eigenvalue weighted by Crippen LogP contribution is 2.22. The zero-order valence-electron chi connectivity index (χ0n) is 16.2. The third-order valence-electron chi connectivity index (χ3n) is 4.35. The average Bonchev–Trinajstić information content (AvgIpc) is 2.64. The van der Waals surface area contributed by atoms with E-state index in [0.29, 0.717) is 28.2 Å². The van der Waals surface area contributed by atoms with Crippen LogP contribution in [0.5, 0.6) is 0 Å². The van der Waals surface area contributed by atoms with Crippen LogP contribution in [-0.4, -0.2) is 43.5 Å². The lowest BCUT2D eigenvalue weighted by Gasteiger charge is -2.27. The Balaban J connectivity index is 2.06. The molecule has 0 fully saturated rings. The van der Waals surface area contributed by atoms with Gasteiger partial charge < -0.3 is 20.8 Å². The molecule has 8 heteroatoms. The van der Waals surface area contributed by atoms with Gasteiger partial charge in [0.2, 0.25) is 0 Å². The highest BCUT2D eigenvalue weighted by Gasteiger charge is 2.19. The number of nitrogens with one attached hydrogen (secondary N) is 2. The van der Waals surface area contributed by atoms with Crippen LogP contribution in [0.15, 0.2) is 41.5 Å². The maximum Gasteiger partial charge on any atom is 0.261 e. The fourth-order valence-electron chi connectivity index (χ4n) is 2.86. The van der Waals surface area contributed by atoms with Gasteiger partial charge in [-0.2, -0.15) is 0 Å². The first-order chi connectivity index (χ1) is 13.3. The number of nitrogens with zero attached hydrogens (tertiary/aromatic N) is 3. The van der Waals surface area contributed by atoms with Crippen LogP contribution >= 0.6 is 0 Å². The van der Waals surface area contributed by atoms with E-state index in [1.807, 2.05) is 39.0 Å². The van der Waals surface area contributed by atoms with E-state index in [2.05, 4.69) is 20.6 Å². The maximum atomic E-state index is 12.9. The van der Waals surface area contributed by atoms with Crippen LogP contribution in [0.1, 0.15) is 19.4 Å². The Labute approximate surface area is 162 Å². The SMILES string of the molecule is Cc1ccnc(Nc2cc3cc(NC(C)(C)CO)n(CCO)c(=O)c3cn2)c1. The third kappa shape index (κ3) is 4.29. The minimum Gasteiger partial charge on any atom is -0.395 e. The Morgan fingerprint density at radius 2 is 1.89 bits per heavy atom. The van der Waals surface area contributed by atoms with E-state index in [9.17, 15) is 15.0 Å². The molecule has 0 aliphatic rings. The van der Waals surface area contributed by atoms with Crippen molar-refractivity contribution in [3.63, 3.8) is 0 Å². The van der Waals surface area contributed by atoms with E-state index in [-0.39, 0.29) is 25.3 Å². The number of pyridine rings is 3. The van der Waals surface area contributed by atoms with Crippen molar-refractivity contribution < 1.29 is 10.2 Å². The first-order valence-corrected chi connectivity index (χ1v) is 9.06. The molecular formula is C20H25N5O3. The number of aliphatic hydroxyl groups excluding tert-OH is 2. The number of aliphatic hydroxyl groups is 2. The summed E-state index contributed by atoms with van der Waals surface area (Å²) in [6, 6.07) is 7.41. The topological polar surface area (TPSA) is 112 Å². The van der Waals surface area contributed by atoms with Crippen molar-refractivity contribution in [2.75, 3.05) is 23.8 Å². The van der Waals surface area contributed by atoms with Gasteiger partial charge in [-0.3, -0.25) is 9.36 Å². The summed E-state index contributed by atoms with van der Waals surface area (Å²) >= 11 is 0. The second-order valence-corrected chi connectivity index (χ2v) is 7.38. The van der Waals surface area contributed by atoms with Crippen LogP contribution in [0.25, 0.3) is 10.8 Å². The molecule has 0 unspecified atom stereocenters. The summed E-state index contributed by atoms with van der Waals surface area (Å²) in [7, 11) is 0. The second kappa shape index (κ2) is 7.95. The van der Waals surface area contributed by atoms with Gasteiger partial charge in [-0.1, -0.05) is 0 Å². The molecule has 0 amide bonds. The quantitative estimate of drug-likeness (QED) is 0.494. The Hall–Kier alpha value is -2.97. The van der Waals surface area contributed by atoms with Crippen LogP contribution in [0.2, 0.25) is 0 Å². The van der Waals surface area contributed by atoms with E-state index in [0.717, 1.165) is 5.56 Å². The van der Waals surface area contributed by atoms with E-state index in [4.69, 9.17) is 0 Å². The molecule has 0 bridgehead atoms. The van der Waals surface area contributed by atoms with Crippen molar-refractivity contribution in [1.29, 1.82) is 0 Å². The molecule has 3 aromatic heterocycles. The van der Waals surface area contributed by atoms with Crippen LogP contribution in [0.3, 0.4) is 0 Å².